The van der Waals surface area contributed by atoms with Crippen LogP contribution in [0.2, 0.25) is 0 Å². The molecule has 2 rings (SSSR count). The van der Waals surface area contributed by atoms with Crippen LogP contribution >= 0.6 is 0 Å². The Bertz CT molecular complexity index is 1140. The van der Waals surface area contributed by atoms with Crippen molar-refractivity contribution in [3.63, 3.8) is 0 Å². The predicted molar refractivity (Wildman–Crippen MR) is 145 cm³/mol. The van der Waals surface area contributed by atoms with Gasteiger partial charge in [0.05, 0.1) is 0 Å². The summed E-state index contributed by atoms with van der Waals surface area (Å²) in [5.74, 6) is -6.09. The van der Waals surface area contributed by atoms with Crippen LogP contribution in [0.15, 0.2) is 66.0 Å². The maximum absolute atomic E-state index is 14.2. The van der Waals surface area contributed by atoms with Crippen LogP contribution in [0.5, 0.6) is 0 Å². The molecule has 193 valence electrons. The number of allylic oxidation sites excluding steroid dienone is 2. The molecule has 36 heavy (non-hydrogen) atoms. The molecule has 0 amide bonds. The number of unbranched alkanes of at least 4 members (excludes halogenated alkanes) is 1. The molecule has 0 atom stereocenters. The maximum atomic E-state index is 14.2. The van der Waals surface area contributed by atoms with Gasteiger partial charge in [-0.3, -0.25) is 0 Å². The van der Waals surface area contributed by atoms with E-state index in [1.54, 1.807) is 6.92 Å². The Labute approximate surface area is 213 Å². The monoisotopic (exact) mass is 499 g/mol. The molecule has 0 aliphatic heterocycles. The Balaban J connectivity index is 2.59. The Morgan fingerprint density at radius 3 is 1.94 bits per heavy atom. The third kappa shape index (κ3) is 7.11. The zero-order valence-electron chi connectivity index (χ0n) is 22.0. The molecule has 0 heterocycles. The van der Waals surface area contributed by atoms with E-state index in [-0.39, 0.29) is 16.5 Å². The van der Waals surface area contributed by atoms with E-state index < -0.39 is 11.8 Å². The summed E-state index contributed by atoms with van der Waals surface area (Å²) >= 11 is 0. The van der Waals surface area contributed by atoms with Crippen molar-refractivity contribution in [2.24, 2.45) is 11.1 Å². The van der Waals surface area contributed by atoms with Crippen LogP contribution in [0.3, 0.4) is 0 Å². The van der Waals surface area contributed by atoms with Crippen molar-refractivity contribution in [1.29, 1.82) is 0 Å². The third-order valence-electron chi connectivity index (χ3n) is 6.36. The van der Waals surface area contributed by atoms with E-state index in [0.29, 0.717) is 39.2 Å². The summed E-state index contributed by atoms with van der Waals surface area (Å²) in [6, 6.07) is 9.78. The molecule has 1 radical (unpaired) electrons. The average molecular weight is 499 g/mol. The van der Waals surface area contributed by atoms with Crippen molar-refractivity contribution >= 4 is 18.6 Å². The van der Waals surface area contributed by atoms with Gasteiger partial charge in [0.15, 0.2) is 0 Å². The van der Waals surface area contributed by atoms with E-state index in [1.165, 1.54) is 42.5 Å². The molecule has 0 aliphatic carbocycles. The summed E-state index contributed by atoms with van der Waals surface area (Å²) in [6.45, 7) is 13.7. The van der Waals surface area contributed by atoms with Gasteiger partial charge in [-0.25, -0.2) is 0 Å². The van der Waals surface area contributed by atoms with Crippen molar-refractivity contribution in [3.8, 4) is 11.1 Å². The van der Waals surface area contributed by atoms with Crippen molar-refractivity contribution in [2.45, 2.75) is 72.6 Å². The Morgan fingerprint density at radius 1 is 0.944 bits per heavy atom. The molecule has 0 aromatic heterocycles. The van der Waals surface area contributed by atoms with Gasteiger partial charge in [-0.15, -0.1) is 0 Å². The third-order valence-corrected chi connectivity index (χ3v) is 6.36. The Hall–Kier alpha value is -2.83. The quantitative estimate of drug-likeness (QED) is 0.185. The van der Waals surface area contributed by atoms with Gasteiger partial charge in [-0.2, -0.15) is 0 Å². The number of nitrogens with one attached hydrogen (secondary N) is 1. The standard InChI is InChI=1S/C29H36BF4N2/c1-8-9-16-27(4,5)26(35)25(18(2)30)19(3)36-24-15-14-22(29(7,33)34)17-23(24)20-10-12-21(13-11-20)28(6,31)32/h10-15,17,36H,3,8-9,16,35H2,1-2,4-7H3/b26-25-. The van der Waals surface area contributed by atoms with Crippen LogP contribution < -0.4 is 11.1 Å². The SMILES string of the molecule is [B]=C(C)/C(C(=C)Nc1ccc(C(C)(F)F)cc1-c1ccc(C(C)(F)F)cc1)=C(/N)C(C)(C)CCCC. The number of hydrogen-bond acceptors (Lipinski definition) is 2. The fourth-order valence-electron chi connectivity index (χ4n) is 4.04. The van der Waals surface area contributed by atoms with Crippen LogP contribution in [-0.4, -0.2) is 13.0 Å². The van der Waals surface area contributed by atoms with Gasteiger partial charge in [0.25, 0.3) is 0 Å². The summed E-state index contributed by atoms with van der Waals surface area (Å²) in [5.41, 5.74) is 9.33. The number of halogens is 4. The second-order valence-corrected chi connectivity index (χ2v) is 10.2. The van der Waals surface area contributed by atoms with Crippen LogP contribution in [-0.2, 0) is 11.8 Å². The van der Waals surface area contributed by atoms with E-state index in [9.17, 15) is 17.6 Å². The Kier molecular flexibility index (Phi) is 9.03. The topological polar surface area (TPSA) is 38.0 Å². The first kappa shape index (κ1) is 29.4. The van der Waals surface area contributed by atoms with Crippen LogP contribution in [0.4, 0.5) is 23.2 Å². The van der Waals surface area contributed by atoms with Gasteiger partial charge in [0.2, 0.25) is 0 Å². The van der Waals surface area contributed by atoms with Gasteiger partial charge < -0.3 is 0 Å². The fourth-order valence-corrected chi connectivity index (χ4v) is 4.04. The van der Waals surface area contributed by atoms with Crippen molar-refractivity contribution in [1.82, 2.24) is 0 Å². The second-order valence-electron chi connectivity index (χ2n) is 10.2. The number of rotatable bonds is 11. The van der Waals surface area contributed by atoms with E-state index in [2.05, 4.69) is 18.8 Å². The Morgan fingerprint density at radius 2 is 1.47 bits per heavy atom. The minimum atomic E-state index is -3.08. The molecule has 0 bridgehead atoms. The molecule has 3 N–H and O–H groups in total. The number of hydrogen-bond donors (Lipinski definition) is 2. The van der Waals surface area contributed by atoms with Gasteiger partial charge in [0, 0.05) is 0 Å². The zero-order chi connectivity index (χ0) is 27.5. The molecule has 2 aromatic carbocycles. The molecule has 0 saturated carbocycles. The van der Waals surface area contributed by atoms with Crippen LogP contribution in [0.1, 0.15) is 71.9 Å². The predicted octanol–water partition coefficient (Wildman–Crippen LogP) is 8.29. The summed E-state index contributed by atoms with van der Waals surface area (Å²) in [5, 5.41) is 3.20. The van der Waals surface area contributed by atoms with E-state index >= 15 is 0 Å². The average Bonchev–Trinajstić information content (AvgIpc) is 2.76. The number of benzene rings is 2. The van der Waals surface area contributed by atoms with Crippen molar-refractivity contribution in [3.05, 3.63) is 77.1 Å². The molecule has 7 heteroatoms. The van der Waals surface area contributed by atoms with Crippen molar-refractivity contribution in [2.75, 3.05) is 5.32 Å². The van der Waals surface area contributed by atoms with Gasteiger partial charge in [0.1, 0.15) is 0 Å². The van der Waals surface area contributed by atoms with Crippen LogP contribution in [0.25, 0.3) is 11.1 Å². The summed E-state index contributed by atoms with van der Waals surface area (Å²) in [7, 11) is 6.21. The molecule has 0 fully saturated rings. The minimum absolute atomic E-state index is 0.164. The van der Waals surface area contributed by atoms with Gasteiger partial charge in [-0.1, -0.05) is 0 Å². The molecule has 2 nitrogen and oxygen atoms in total. The van der Waals surface area contributed by atoms with E-state index in [0.717, 1.165) is 33.1 Å². The fraction of sp³-hybridized carbons (Fsp3) is 0.414. The van der Waals surface area contributed by atoms with Crippen LogP contribution in [0, 0.1) is 5.41 Å². The zero-order valence-corrected chi connectivity index (χ0v) is 22.0. The van der Waals surface area contributed by atoms with Gasteiger partial charge in [-0.05, 0) is 0 Å². The molecule has 0 unspecified atom stereocenters. The number of alkyl halides is 4. The molecular formula is C29H36BF4N2. The molecular weight excluding hydrogens is 463 g/mol. The molecule has 2 aromatic rings. The van der Waals surface area contributed by atoms with E-state index in [4.69, 9.17) is 13.2 Å². The van der Waals surface area contributed by atoms with E-state index in [1.807, 2.05) is 13.8 Å². The molecule has 0 spiro atoms. The first-order valence-corrected chi connectivity index (χ1v) is 12.1. The number of nitrogens with two attached hydrogens (primary N) is 1. The summed E-state index contributed by atoms with van der Waals surface area (Å²) in [6.07, 6.45) is 2.88. The van der Waals surface area contributed by atoms with Gasteiger partial charge >= 0.3 is 214 Å². The number of anilines is 1. The second kappa shape index (κ2) is 11.1. The first-order chi connectivity index (χ1) is 16.5. The first-order valence-electron chi connectivity index (χ1n) is 12.1. The summed E-state index contributed by atoms with van der Waals surface area (Å²) in [4.78, 5) is 0. The normalized spacial score (nSPS) is 13.2. The molecule has 0 saturated heterocycles. The molecule has 0 aliphatic rings. The van der Waals surface area contributed by atoms with Crippen molar-refractivity contribution < 1.29 is 17.6 Å². The summed E-state index contributed by atoms with van der Waals surface area (Å²) < 4.78 is 55.8.